The largest absolute Gasteiger partial charge is 0.426 e. The number of anilines is 1. The second kappa shape index (κ2) is 8.46. The first-order valence-electron chi connectivity index (χ1n) is 7.66. The van der Waals surface area contributed by atoms with Gasteiger partial charge in [-0.1, -0.05) is 11.8 Å². The Labute approximate surface area is 172 Å². The lowest BCUT2D eigenvalue weighted by Gasteiger charge is -2.30. The van der Waals surface area contributed by atoms with Crippen LogP contribution in [0.4, 0.5) is 18.9 Å². The molecule has 2 aromatic carbocycles. The molecule has 0 saturated heterocycles. The van der Waals surface area contributed by atoms with Crippen molar-refractivity contribution in [2.24, 2.45) is 0 Å². The molecule has 0 aromatic heterocycles. The highest BCUT2D eigenvalue weighted by Crippen LogP contribution is 2.37. The number of benzene rings is 2. The third kappa shape index (κ3) is 5.01. The van der Waals surface area contributed by atoms with E-state index in [9.17, 15) is 23.1 Å². The van der Waals surface area contributed by atoms with Crippen LogP contribution in [0.25, 0.3) is 0 Å². The number of aliphatic hydroxyl groups is 1. The molecular weight excluding hydrogens is 463 g/mol. The Morgan fingerprint density at radius 1 is 1.07 bits per heavy atom. The molecule has 0 aliphatic carbocycles. The van der Waals surface area contributed by atoms with Crippen molar-refractivity contribution >= 4 is 51.0 Å². The SMILES string of the molecule is CSc1ccc(Sc2ccc(N(C)C(=O)[C@@](C)(O)C(F)(F)F)c(Br)c2)cc1. The Hall–Kier alpha value is -1.16. The average Bonchev–Trinajstić information content (AvgIpc) is 2.60. The van der Waals surface area contributed by atoms with Gasteiger partial charge in [0.1, 0.15) is 0 Å². The van der Waals surface area contributed by atoms with Crippen molar-refractivity contribution in [3.63, 3.8) is 0 Å². The summed E-state index contributed by atoms with van der Waals surface area (Å²) in [5, 5.41) is 9.60. The number of alkyl halides is 3. The van der Waals surface area contributed by atoms with E-state index in [0.717, 1.165) is 19.6 Å². The maximum atomic E-state index is 12.9. The lowest BCUT2D eigenvalue weighted by atomic mass is 10.0. The van der Waals surface area contributed by atoms with Gasteiger partial charge in [-0.3, -0.25) is 4.79 Å². The zero-order chi connectivity index (χ0) is 20.4. The van der Waals surface area contributed by atoms with Crippen molar-refractivity contribution in [3.05, 3.63) is 46.9 Å². The molecule has 2 rings (SSSR count). The number of hydrogen-bond donors (Lipinski definition) is 1. The molecule has 0 heterocycles. The molecule has 0 saturated carbocycles. The van der Waals surface area contributed by atoms with E-state index in [1.807, 2.05) is 30.5 Å². The first-order valence-corrected chi connectivity index (χ1v) is 10.5. The summed E-state index contributed by atoms with van der Waals surface area (Å²) in [4.78, 5) is 15.9. The van der Waals surface area contributed by atoms with Gasteiger partial charge in [0.2, 0.25) is 5.60 Å². The van der Waals surface area contributed by atoms with Crippen LogP contribution >= 0.6 is 39.5 Å². The lowest BCUT2D eigenvalue weighted by molar-refractivity contribution is -0.243. The van der Waals surface area contributed by atoms with E-state index in [1.54, 1.807) is 23.9 Å². The second-order valence-electron chi connectivity index (χ2n) is 5.82. The van der Waals surface area contributed by atoms with Crippen LogP contribution in [0.2, 0.25) is 0 Å². The summed E-state index contributed by atoms with van der Waals surface area (Å²) in [7, 11) is 1.19. The van der Waals surface area contributed by atoms with Crippen LogP contribution in [-0.2, 0) is 4.79 Å². The van der Waals surface area contributed by atoms with Crippen molar-refractivity contribution in [2.45, 2.75) is 33.4 Å². The summed E-state index contributed by atoms with van der Waals surface area (Å²) in [6.07, 6.45) is -3.07. The van der Waals surface area contributed by atoms with Gasteiger partial charge in [-0.05, 0) is 71.6 Å². The first kappa shape index (κ1) is 22.1. The summed E-state index contributed by atoms with van der Waals surface area (Å²) < 4.78 is 39.2. The Bertz CT molecular complexity index is 826. The van der Waals surface area contributed by atoms with Gasteiger partial charge in [0.15, 0.2) is 0 Å². The van der Waals surface area contributed by atoms with E-state index in [0.29, 0.717) is 11.4 Å². The lowest BCUT2D eigenvalue weighted by Crippen LogP contribution is -2.55. The standard InChI is InChI=1S/C18H17BrF3NO2S2/c1-17(25,18(20,21)22)16(24)23(2)15-9-8-13(10-14(15)19)27-12-6-4-11(26-3)5-7-12/h4-10,25H,1-3H3/t17-/m1/s1. The van der Waals surface area contributed by atoms with Crippen molar-refractivity contribution in [1.82, 2.24) is 0 Å². The number of thioether (sulfide) groups is 1. The fourth-order valence-electron chi connectivity index (χ4n) is 2.16. The van der Waals surface area contributed by atoms with Gasteiger partial charge in [0.05, 0.1) is 5.69 Å². The summed E-state index contributed by atoms with van der Waals surface area (Å²) in [6, 6.07) is 12.9. The van der Waals surface area contributed by atoms with Gasteiger partial charge in [0, 0.05) is 26.2 Å². The van der Waals surface area contributed by atoms with E-state index >= 15 is 0 Å². The molecule has 1 amide bonds. The number of nitrogens with zero attached hydrogens (tertiary/aromatic N) is 1. The van der Waals surface area contributed by atoms with E-state index in [1.165, 1.54) is 24.9 Å². The molecule has 2 aromatic rings. The molecule has 0 aliphatic rings. The molecular formula is C18H17BrF3NO2S2. The minimum Gasteiger partial charge on any atom is -0.373 e. The van der Waals surface area contributed by atoms with Crippen LogP contribution in [0.15, 0.2) is 61.6 Å². The number of hydrogen-bond acceptors (Lipinski definition) is 4. The smallest absolute Gasteiger partial charge is 0.373 e. The van der Waals surface area contributed by atoms with Crippen molar-refractivity contribution < 1.29 is 23.1 Å². The molecule has 0 aliphatic heterocycles. The van der Waals surface area contributed by atoms with Crippen LogP contribution in [0, 0.1) is 0 Å². The monoisotopic (exact) mass is 479 g/mol. The maximum absolute atomic E-state index is 12.9. The van der Waals surface area contributed by atoms with E-state index < -0.39 is 17.7 Å². The number of carbonyl (C=O) groups is 1. The van der Waals surface area contributed by atoms with E-state index in [4.69, 9.17) is 0 Å². The summed E-state index contributed by atoms with van der Waals surface area (Å²) >= 11 is 6.43. The van der Waals surface area contributed by atoms with Gasteiger partial charge in [-0.25, -0.2) is 0 Å². The molecule has 3 nitrogen and oxygen atoms in total. The molecule has 0 unspecified atom stereocenters. The quantitative estimate of drug-likeness (QED) is 0.566. The fourth-order valence-corrected chi connectivity index (χ4v) is 4.22. The predicted octanol–water partition coefficient (Wildman–Crippen LogP) is 5.60. The fraction of sp³-hybridized carbons (Fsp3) is 0.278. The van der Waals surface area contributed by atoms with Gasteiger partial charge in [-0.2, -0.15) is 13.2 Å². The van der Waals surface area contributed by atoms with E-state index in [-0.39, 0.29) is 5.69 Å². The third-order valence-electron chi connectivity index (χ3n) is 3.85. The molecule has 0 radical (unpaired) electrons. The van der Waals surface area contributed by atoms with Gasteiger partial charge < -0.3 is 10.0 Å². The molecule has 1 atom stereocenters. The molecule has 0 fully saturated rings. The Morgan fingerprint density at radius 2 is 1.59 bits per heavy atom. The van der Waals surface area contributed by atoms with Crippen LogP contribution in [0.5, 0.6) is 0 Å². The van der Waals surface area contributed by atoms with Crippen molar-refractivity contribution in [3.8, 4) is 0 Å². The number of halogens is 4. The Morgan fingerprint density at radius 3 is 2.07 bits per heavy atom. The number of carbonyl (C=O) groups excluding carboxylic acids is 1. The molecule has 146 valence electrons. The first-order chi connectivity index (χ1) is 12.5. The van der Waals surface area contributed by atoms with Crippen molar-refractivity contribution in [1.29, 1.82) is 0 Å². The predicted molar refractivity (Wildman–Crippen MR) is 107 cm³/mol. The Kier molecular flexibility index (Phi) is 6.94. The maximum Gasteiger partial charge on any atom is 0.426 e. The third-order valence-corrected chi connectivity index (χ3v) is 6.22. The summed E-state index contributed by atoms with van der Waals surface area (Å²) in [6.45, 7) is 0.447. The zero-order valence-electron chi connectivity index (χ0n) is 14.7. The second-order valence-corrected chi connectivity index (χ2v) is 8.71. The van der Waals surface area contributed by atoms with Crippen LogP contribution < -0.4 is 4.90 Å². The zero-order valence-corrected chi connectivity index (χ0v) is 17.9. The summed E-state index contributed by atoms with van der Waals surface area (Å²) in [5.41, 5.74) is -3.24. The topological polar surface area (TPSA) is 40.5 Å². The van der Waals surface area contributed by atoms with E-state index in [2.05, 4.69) is 15.9 Å². The van der Waals surface area contributed by atoms with Crippen LogP contribution in [0.3, 0.4) is 0 Å². The highest BCUT2D eigenvalue weighted by atomic mass is 79.9. The minimum absolute atomic E-state index is 0.228. The van der Waals surface area contributed by atoms with Crippen molar-refractivity contribution in [2.75, 3.05) is 18.2 Å². The van der Waals surface area contributed by atoms with Crippen LogP contribution in [-0.4, -0.2) is 36.1 Å². The average molecular weight is 480 g/mol. The number of likely N-dealkylation sites (N-methyl/N-ethyl adjacent to an activating group) is 1. The van der Waals surface area contributed by atoms with Crippen LogP contribution in [0.1, 0.15) is 6.92 Å². The molecule has 27 heavy (non-hydrogen) atoms. The molecule has 1 N–H and O–H groups in total. The van der Waals surface area contributed by atoms with Gasteiger partial charge >= 0.3 is 6.18 Å². The van der Waals surface area contributed by atoms with Gasteiger partial charge in [0.25, 0.3) is 5.91 Å². The highest BCUT2D eigenvalue weighted by molar-refractivity contribution is 9.10. The normalized spacial score (nSPS) is 13.9. The molecule has 0 bridgehead atoms. The minimum atomic E-state index is -5.07. The Balaban J connectivity index is 2.21. The molecule has 9 heteroatoms. The van der Waals surface area contributed by atoms with Gasteiger partial charge in [-0.15, -0.1) is 11.8 Å². The summed E-state index contributed by atoms with van der Waals surface area (Å²) in [5.74, 6) is -1.45. The number of rotatable bonds is 5. The number of amides is 1. The molecule has 0 spiro atoms. The highest BCUT2D eigenvalue weighted by Gasteiger charge is 2.57.